The monoisotopic (exact) mass is 222 g/mol. The molecule has 6 heteroatoms. The molecule has 1 aromatic carbocycles. The fraction of sp³-hybridized carbons (Fsp3) is 0.300. The minimum Gasteiger partial charge on any atom is -0.323 e. The number of carbonyl (C=O) groups is 1. The smallest absolute Gasteiger partial charge is 0.226 e. The van der Waals surface area contributed by atoms with E-state index in [1.807, 2.05) is 37.4 Å². The van der Waals surface area contributed by atoms with Crippen LogP contribution in [-0.2, 0) is 11.2 Å². The van der Waals surface area contributed by atoms with Crippen LogP contribution in [0.2, 0.25) is 0 Å². The highest BCUT2D eigenvalue weighted by Crippen LogP contribution is 1.98. The third kappa shape index (κ3) is 3.01. The summed E-state index contributed by atoms with van der Waals surface area (Å²) in [6.07, 6.45) is 0.149. The Bertz CT molecular complexity index is 355. The zero-order valence-corrected chi connectivity index (χ0v) is 9.08. The van der Waals surface area contributed by atoms with Gasteiger partial charge in [0.25, 0.3) is 0 Å². The summed E-state index contributed by atoms with van der Waals surface area (Å²) in [6.45, 7) is 0. The number of nitrogens with one attached hydrogen (secondary N) is 5. The Balaban J connectivity index is 1.81. The van der Waals surface area contributed by atoms with Crippen molar-refractivity contribution >= 4 is 5.91 Å². The number of amides is 1. The molecule has 0 spiro atoms. The Kier molecular flexibility index (Phi) is 3.47. The number of benzene rings is 1. The van der Waals surface area contributed by atoms with Crippen LogP contribution in [0.1, 0.15) is 5.56 Å². The van der Waals surface area contributed by atoms with Crippen LogP contribution in [0, 0.1) is 0 Å². The van der Waals surface area contributed by atoms with Gasteiger partial charge in [0.2, 0.25) is 5.91 Å². The van der Waals surface area contributed by atoms with E-state index < -0.39 is 0 Å². The van der Waals surface area contributed by atoms with Crippen molar-refractivity contribution in [3.63, 3.8) is 0 Å². The second kappa shape index (κ2) is 5.04. The second-order valence-electron chi connectivity index (χ2n) is 3.70. The number of hydrogen-bond donors (Lipinski definition) is 5. The van der Waals surface area contributed by atoms with E-state index in [9.17, 15) is 4.79 Å². The normalized spacial score (nSPS) is 24.3. The van der Waals surface area contributed by atoms with Crippen molar-refractivity contribution in [1.29, 1.82) is 0 Å². The highest BCUT2D eigenvalue weighted by atomic mass is 16.2. The van der Waals surface area contributed by atoms with Crippen LogP contribution in [0.3, 0.4) is 0 Å². The average molecular weight is 222 g/mol. The van der Waals surface area contributed by atoms with Crippen LogP contribution < -0.4 is 26.8 Å². The number of hydrogen-bond acceptors (Lipinski definition) is 4. The lowest BCUT2D eigenvalue weighted by Crippen LogP contribution is -3.19. The van der Waals surface area contributed by atoms with E-state index in [1.165, 1.54) is 0 Å². The Morgan fingerprint density at radius 3 is 2.81 bits per heavy atom. The van der Waals surface area contributed by atoms with Crippen molar-refractivity contribution in [1.82, 2.24) is 21.7 Å². The molecule has 0 radical (unpaired) electrons. The van der Waals surface area contributed by atoms with Crippen LogP contribution in [-0.4, -0.2) is 19.2 Å². The molecule has 16 heavy (non-hydrogen) atoms. The van der Waals surface area contributed by atoms with Crippen molar-refractivity contribution in [2.75, 3.05) is 7.05 Å². The molecule has 1 aliphatic heterocycles. The molecule has 1 heterocycles. The van der Waals surface area contributed by atoms with Gasteiger partial charge in [-0.05, 0) is 5.56 Å². The van der Waals surface area contributed by atoms with Crippen LogP contribution in [0.4, 0.5) is 0 Å². The van der Waals surface area contributed by atoms with Gasteiger partial charge in [-0.3, -0.25) is 4.79 Å². The summed E-state index contributed by atoms with van der Waals surface area (Å²) in [5, 5.41) is 3.71. The summed E-state index contributed by atoms with van der Waals surface area (Å²) < 4.78 is 0. The van der Waals surface area contributed by atoms with Gasteiger partial charge in [0.15, 0.2) is 6.29 Å². The minimum absolute atomic E-state index is 0.0206. The minimum atomic E-state index is -0.240. The Hall–Kier alpha value is -1.47. The first-order chi connectivity index (χ1) is 7.74. The van der Waals surface area contributed by atoms with E-state index in [-0.39, 0.29) is 12.2 Å². The summed E-state index contributed by atoms with van der Waals surface area (Å²) in [5.74, 6) is -0.0206. The Morgan fingerprint density at radius 2 is 2.19 bits per heavy atom. The van der Waals surface area contributed by atoms with Crippen LogP contribution in [0.15, 0.2) is 30.3 Å². The van der Waals surface area contributed by atoms with Crippen molar-refractivity contribution < 1.29 is 9.91 Å². The van der Waals surface area contributed by atoms with E-state index in [1.54, 1.807) is 0 Å². The second-order valence-corrected chi connectivity index (χ2v) is 3.70. The first-order valence-electron chi connectivity index (χ1n) is 5.19. The Morgan fingerprint density at radius 1 is 1.44 bits per heavy atom. The number of quaternary nitrogens is 1. The van der Waals surface area contributed by atoms with Crippen LogP contribution in [0.5, 0.6) is 0 Å². The van der Waals surface area contributed by atoms with Gasteiger partial charge in [-0.1, -0.05) is 35.9 Å². The third-order valence-electron chi connectivity index (χ3n) is 2.28. The highest BCUT2D eigenvalue weighted by Gasteiger charge is 2.22. The van der Waals surface area contributed by atoms with Crippen molar-refractivity contribution in [2.45, 2.75) is 12.7 Å². The summed E-state index contributed by atoms with van der Waals surface area (Å²) in [6, 6.07) is 9.65. The van der Waals surface area contributed by atoms with Gasteiger partial charge in [-0.15, -0.1) is 5.43 Å². The molecule has 1 fully saturated rings. The molecule has 1 aromatic rings. The molecule has 2 unspecified atom stereocenters. The van der Waals surface area contributed by atoms with E-state index in [2.05, 4.69) is 21.7 Å². The maximum absolute atomic E-state index is 11.6. The zero-order valence-electron chi connectivity index (χ0n) is 9.08. The van der Waals surface area contributed by atoms with Gasteiger partial charge in [-0.25, -0.2) is 0 Å². The summed E-state index contributed by atoms with van der Waals surface area (Å²) in [7, 11) is 1.89. The van der Waals surface area contributed by atoms with Gasteiger partial charge in [0.1, 0.15) is 7.05 Å². The molecule has 1 aliphatic rings. The molecule has 1 saturated heterocycles. The van der Waals surface area contributed by atoms with E-state index in [0.717, 1.165) is 10.7 Å². The molecule has 2 rings (SSSR count). The zero-order chi connectivity index (χ0) is 11.4. The molecule has 0 aromatic heterocycles. The standard InChI is InChI=1S/C10H15N5O/c1-15-13-10(12-14-15)11-9(16)7-8-5-3-2-4-6-8/h2-6,10,12-14H,7H2,1H3,(H,11,16)/p+1. The molecule has 0 saturated carbocycles. The predicted molar refractivity (Wildman–Crippen MR) is 58.4 cm³/mol. The fourth-order valence-electron chi connectivity index (χ4n) is 1.53. The number of carbonyl (C=O) groups excluding carboxylic acids is 1. The Labute approximate surface area is 93.9 Å². The van der Waals surface area contributed by atoms with Crippen LogP contribution >= 0.6 is 0 Å². The van der Waals surface area contributed by atoms with Crippen molar-refractivity contribution in [3.05, 3.63) is 35.9 Å². The number of rotatable bonds is 3. The number of hydrazine groups is 1. The molecular formula is C10H16N5O+. The molecule has 86 valence electrons. The topological polar surface area (TPSA) is 69.6 Å². The summed E-state index contributed by atoms with van der Waals surface area (Å²) in [5.41, 5.74) is 9.81. The molecule has 2 atom stereocenters. The summed E-state index contributed by atoms with van der Waals surface area (Å²) >= 11 is 0. The summed E-state index contributed by atoms with van der Waals surface area (Å²) in [4.78, 5) is 11.6. The van der Waals surface area contributed by atoms with Gasteiger partial charge < -0.3 is 5.32 Å². The highest BCUT2D eigenvalue weighted by molar-refractivity contribution is 5.78. The first kappa shape index (κ1) is 11.0. The van der Waals surface area contributed by atoms with Crippen LogP contribution in [0.25, 0.3) is 0 Å². The maximum Gasteiger partial charge on any atom is 0.226 e. The van der Waals surface area contributed by atoms with E-state index >= 15 is 0 Å². The fourth-order valence-corrected chi connectivity index (χ4v) is 1.53. The lowest BCUT2D eigenvalue weighted by Gasteiger charge is -2.09. The third-order valence-corrected chi connectivity index (χ3v) is 2.28. The van der Waals surface area contributed by atoms with Crippen molar-refractivity contribution in [3.8, 4) is 0 Å². The molecule has 1 amide bonds. The van der Waals surface area contributed by atoms with Gasteiger partial charge in [0.05, 0.1) is 6.42 Å². The predicted octanol–water partition coefficient (Wildman–Crippen LogP) is -2.33. The average Bonchev–Trinajstić information content (AvgIpc) is 2.65. The lowest BCUT2D eigenvalue weighted by molar-refractivity contribution is -0.959. The van der Waals surface area contributed by atoms with Gasteiger partial charge in [-0.2, -0.15) is 10.5 Å². The molecule has 0 bridgehead atoms. The largest absolute Gasteiger partial charge is 0.323 e. The molecule has 5 N–H and O–H groups in total. The molecular weight excluding hydrogens is 206 g/mol. The molecule has 6 nitrogen and oxygen atoms in total. The SMILES string of the molecule is C[NH+]1NNC(NC(=O)Cc2ccccc2)N1. The molecule has 0 aliphatic carbocycles. The van der Waals surface area contributed by atoms with Gasteiger partial charge in [0, 0.05) is 0 Å². The lowest BCUT2D eigenvalue weighted by atomic mass is 10.1. The quantitative estimate of drug-likeness (QED) is 0.398. The van der Waals surface area contributed by atoms with E-state index in [4.69, 9.17) is 0 Å². The van der Waals surface area contributed by atoms with Gasteiger partial charge >= 0.3 is 0 Å². The first-order valence-corrected chi connectivity index (χ1v) is 5.19. The maximum atomic E-state index is 11.6. The van der Waals surface area contributed by atoms with E-state index in [0.29, 0.717) is 6.42 Å². The van der Waals surface area contributed by atoms with Crippen molar-refractivity contribution in [2.24, 2.45) is 0 Å².